The number of rotatable bonds is 6. The van der Waals surface area contributed by atoms with Gasteiger partial charge in [0.1, 0.15) is 5.75 Å². The van der Waals surface area contributed by atoms with Crippen LogP contribution in [0.3, 0.4) is 0 Å². The number of nitrogens with one attached hydrogen (secondary N) is 1. The van der Waals surface area contributed by atoms with Gasteiger partial charge in [0.2, 0.25) is 5.03 Å². The summed E-state index contributed by atoms with van der Waals surface area (Å²) in [7, 11) is -2.28. The number of hydrogen-bond donors (Lipinski definition) is 1. The highest BCUT2D eigenvalue weighted by Gasteiger charge is 2.24. The van der Waals surface area contributed by atoms with E-state index in [1.807, 2.05) is 6.92 Å². The number of hydrogen-bond acceptors (Lipinski definition) is 5. The summed E-state index contributed by atoms with van der Waals surface area (Å²) in [5.41, 5.74) is 0.414. The molecule has 0 unspecified atom stereocenters. The van der Waals surface area contributed by atoms with Crippen molar-refractivity contribution >= 4 is 31.6 Å². The van der Waals surface area contributed by atoms with Gasteiger partial charge < -0.3 is 4.74 Å². The summed E-state index contributed by atoms with van der Waals surface area (Å²) in [5.74, 6) is 0.610. The summed E-state index contributed by atoms with van der Waals surface area (Å²) in [6.07, 6.45) is 0.879. The second kappa shape index (κ2) is 6.44. The first-order valence-electron chi connectivity index (χ1n) is 6.25. The van der Waals surface area contributed by atoms with Crippen LogP contribution in [0.2, 0.25) is 0 Å². The van der Waals surface area contributed by atoms with Crippen molar-refractivity contribution in [2.45, 2.75) is 18.4 Å². The predicted octanol–water partition coefficient (Wildman–Crippen LogP) is 2.17. The average Bonchev–Trinajstić information content (AvgIpc) is 2.76. The SMILES string of the molecule is CCCOc1cccc(NS(=O)(=O)c2c(Br)nnn2C)c1. The summed E-state index contributed by atoms with van der Waals surface area (Å²) < 4.78 is 34.0. The summed E-state index contributed by atoms with van der Waals surface area (Å²) >= 11 is 3.08. The van der Waals surface area contributed by atoms with Gasteiger partial charge in [-0.15, -0.1) is 5.10 Å². The highest BCUT2D eigenvalue weighted by molar-refractivity contribution is 9.10. The van der Waals surface area contributed by atoms with Crippen LogP contribution in [0.4, 0.5) is 5.69 Å². The van der Waals surface area contributed by atoms with Crippen LogP contribution in [-0.4, -0.2) is 30.0 Å². The Kier molecular flexibility index (Phi) is 4.84. The normalized spacial score (nSPS) is 11.4. The molecular formula is C12H15BrN4O3S. The van der Waals surface area contributed by atoms with E-state index in [0.29, 0.717) is 18.0 Å². The number of nitrogens with zero attached hydrogens (tertiary/aromatic N) is 3. The molecule has 0 aliphatic carbocycles. The maximum absolute atomic E-state index is 12.3. The standard InChI is InChI=1S/C12H15BrN4O3S/c1-3-7-20-10-6-4-5-9(8-10)15-21(18,19)12-11(13)14-16-17(12)2/h4-6,8,15H,3,7H2,1-2H3. The van der Waals surface area contributed by atoms with Gasteiger partial charge in [-0.3, -0.25) is 4.72 Å². The van der Waals surface area contributed by atoms with Crippen LogP contribution >= 0.6 is 15.9 Å². The lowest BCUT2D eigenvalue weighted by molar-refractivity contribution is 0.317. The van der Waals surface area contributed by atoms with Gasteiger partial charge >= 0.3 is 0 Å². The molecule has 21 heavy (non-hydrogen) atoms. The molecule has 0 radical (unpaired) electrons. The van der Waals surface area contributed by atoms with E-state index in [9.17, 15) is 8.42 Å². The number of aromatic nitrogens is 3. The molecule has 1 aromatic carbocycles. The minimum absolute atomic E-state index is 0.0395. The van der Waals surface area contributed by atoms with Crippen LogP contribution in [0.1, 0.15) is 13.3 Å². The molecule has 1 heterocycles. The Morgan fingerprint density at radius 1 is 1.43 bits per heavy atom. The Bertz CT molecular complexity index is 710. The molecule has 7 nitrogen and oxygen atoms in total. The fourth-order valence-electron chi connectivity index (χ4n) is 1.68. The fourth-order valence-corrected chi connectivity index (χ4v) is 3.83. The molecule has 0 fully saturated rings. The van der Waals surface area contributed by atoms with E-state index < -0.39 is 10.0 Å². The van der Waals surface area contributed by atoms with Crippen molar-refractivity contribution in [3.63, 3.8) is 0 Å². The van der Waals surface area contributed by atoms with Crippen molar-refractivity contribution in [1.29, 1.82) is 0 Å². The molecule has 0 saturated carbocycles. The monoisotopic (exact) mass is 374 g/mol. The summed E-state index contributed by atoms with van der Waals surface area (Å²) in [6.45, 7) is 2.58. The zero-order valence-electron chi connectivity index (χ0n) is 11.6. The third-order valence-corrected chi connectivity index (χ3v) is 4.82. The number of anilines is 1. The Morgan fingerprint density at radius 2 is 2.19 bits per heavy atom. The van der Waals surface area contributed by atoms with Crippen LogP contribution in [0.25, 0.3) is 0 Å². The Morgan fingerprint density at radius 3 is 2.81 bits per heavy atom. The quantitative estimate of drug-likeness (QED) is 0.836. The van der Waals surface area contributed by atoms with Crippen molar-refractivity contribution in [2.75, 3.05) is 11.3 Å². The van der Waals surface area contributed by atoms with E-state index in [1.165, 1.54) is 11.7 Å². The molecule has 0 aliphatic rings. The second-order valence-corrected chi connectivity index (χ2v) is 6.64. The highest BCUT2D eigenvalue weighted by atomic mass is 79.9. The Balaban J connectivity index is 2.25. The first-order chi connectivity index (χ1) is 9.94. The fraction of sp³-hybridized carbons (Fsp3) is 0.333. The molecular weight excluding hydrogens is 360 g/mol. The molecule has 1 N–H and O–H groups in total. The van der Waals surface area contributed by atoms with Gasteiger partial charge in [0.05, 0.1) is 12.3 Å². The van der Waals surface area contributed by atoms with Crippen LogP contribution in [-0.2, 0) is 17.1 Å². The predicted molar refractivity (Wildman–Crippen MR) is 81.7 cm³/mol. The molecule has 0 saturated heterocycles. The highest BCUT2D eigenvalue weighted by Crippen LogP contribution is 2.23. The third-order valence-electron chi connectivity index (χ3n) is 2.55. The lowest BCUT2D eigenvalue weighted by Crippen LogP contribution is -2.17. The lowest BCUT2D eigenvalue weighted by atomic mass is 10.3. The molecule has 0 atom stereocenters. The van der Waals surface area contributed by atoms with E-state index >= 15 is 0 Å². The molecule has 2 rings (SSSR count). The molecule has 0 aliphatic heterocycles. The molecule has 114 valence electrons. The first kappa shape index (κ1) is 15.8. The number of halogens is 1. The Hall–Kier alpha value is -1.61. The average molecular weight is 375 g/mol. The Labute approximate surface area is 131 Å². The van der Waals surface area contributed by atoms with Crippen LogP contribution in [0.5, 0.6) is 5.75 Å². The van der Waals surface area contributed by atoms with Crippen molar-refractivity contribution in [1.82, 2.24) is 15.0 Å². The summed E-state index contributed by atoms with van der Waals surface area (Å²) in [6, 6.07) is 6.77. The molecule has 0 bridgehead atoms. The van der Waals surface area contributed by atoms with Crippen LogP contribution < -0.4 is 9.46 Å². The number of ether oxygens (including phenoxy) is 1. The van der Waals surface area contributed by atoms with Gasteiger partial charge in [0.15, 0.2) is 4.60 Å². The van der Waals surface area contributed by atoms with Gasteiger partial charge in [0, 0.05) is 13.1 Å². The minimum atomic E-state index is -3.78. The van der Waals surface area contributed by atoms with Gasteiger partial charge in [-0.2, -0.15) is 8.42 Å². The van der Waals surface area contributed by atoms with Gasteiger partial charge in [0.25, 0.3) is 10.0 Å². The van der Waals surface area contributed by atoms with Crippen LogP contribution in [0, 0.1) is 0 Å². The van der Waals surface area contributed by atoms with E-state index in [-0.39, 0.29) is 9.63 Å². The molecule has 0 amide bonds. The number of benzene rings is 1. The topological polar surface area (TPSA) is 86.1 Å². The minimum Gasteiger partial charge on any atom is -0.494 e. The summed E-state index contributed by atoms with van der Waals surface area (Å²) in [5, 5.41) is 7.29. The van der Waals surface area contributed by atoms with Crippen LogP contribution in [0.15, 0.2) is 33.9 Å². The molecule has 9 heteroatoms. The van der Waals surface area contributed by atoms with Gasteiger partial charge in [-0.1, -0.05) is 18.2 Å². The lowest BCUT2D eigenvalue weighted by Gasteiger charge is -2.10. The second-order valence-electron chi connectivity index (χ2n) is 4.29. The summed E-state index contributed by atoms with van der Waals surface area (Å²) in [4.78, 5) is 0. The maximum Gasteiger partial charge on any atom is 0.281 e. The van der Waals surface area contributed by atoms with Crippen molar-refractivity contribution in [3.05, 3.63) is 28.9 Å². The zero-order chi connectivity index (χ0) is 15.5. The smallest absolute Gasteiger partial charge is 0.281 e. The van der Waals surface area contributed by atoms with E-state index in [1.54, 1.807) is 24.3 Å². The number of aryl methyl sites for hydroxylation is 1. The molecule has 1 aromatic heterocycles. The zero-order valence-corrected chi connectivity index (χ0v) is 14.0. The largest absolute Gasteiger partial charge is 0.494 e. The molecule has 0 spiro atoms. The first-order valence-corrected chi connectivity index (χ1v) is 8.52. The van der Waals surface area contributed by atoms with Gasteiger partial charge in [-0.05, 0) is 34.5 Å². The van der Waals surface area contributed by atoms with Crippen molar-refractivity contribution < 1.29 is 13.2 Å². The van der Waals surface area contributed by atoms with Gasteiger partial charge in [-0.25, -0.2) is 4.68 Å². The van der Waals surface area contributed by atoms with E-state index in [4.69, 9.17) is 4.74 Å². The maximum atomic E-state index is 12.3. The van der Waals surface area contributed by atoms with Crippen molar-refractivity contribution in [3.8, 4) is 5.75 Å². The molecule has 2 aromatic rings. The van der Waals surface area contributed by atoms with Crippen molar-refractivity contribution in [2.24, 2.45) is 7.05 Å². The van der Waals surface area contributed by atoms with E-state index in [2.05, 4.69) is 31.0 Å². The third kappa shape index (κ3) is 3.73. The van der Waals surface area contributed by atoms with E-state index in [0.717, 1.165) is 6.42 Å². The number of sulfonamides is 1.